The summed E-state index contributed by atoms with van der Waals surface area (Å²) in [6, 6.07) is 0. The van der Waals surface area contributed by atoms with Crippen LogP contribution in [-0.2, 0) is 0 Å². The van der Waals surface area contributed by atoms with Crippen molar-refractivity contribution < 1.29 is 0 Å². The van der Waals surface area contributed by atoms with Gasteiger partial charge < -0.3 is 0 Å². The molecule has 1 saturated carbocycles. The fourth-order valence-electron chi connectivity index (χ4n) is 2.82. The summed E-state index contributed by atoms with van der Waals surface area (Å²) in [6.07, 6.45) is 4.13. The van der Waals surface area contributed by atoms with Crippen LogP contribution in [0.5, 0.6) is 0 Å². The first-order valence-corrected chi connectivity index (χ1v) is 6.84. The molecular weight excluding hydrogens is 190 g/mol. The summed E-state index contributed by atoms with van der Waals surface area (Å²) in [5.41, 5.74) is 0.352. The van der Waals surface area contributed by atoms with Gasteiger partial charge in [-0.2, -0.15) is 0 Å². The highest BCUT2D eigenvalue weighted by molar-refractivity contribution is 8.00. The number of nitrogens with one attached hydrogen (secondary N) is 1. The van der Waals surface area contributed by atoms with Crippen molar-refractivity contribution in [3.8, 4) is 0 Å². The lowest BCUT2D eigenvalue weighted by Gasteiger charge is -2.41. The number of hydrogen-bond donors (Lipinski definition) is 1. The fraction of sp³-hybridized carbons (Fsp3) is 1.00. The monoisotopic (exact) mass is 213 g/mol. The maximum Gasteiger partial charge on any atom is 0.0652 e. The molecule has 0 amide bonds. The minimum atomic E-state index is 0.352. The molecule has 1 spiro atoms. The molecule has 2 rings (SSSR count). The summed E-state index contributed by atoms with van der Waals surface area (Å²) in [6.45, 7) is 9.48. The van der Waals surface area contributed by atoms with Crippen molar-refractivity contribution in [2.45, 2.75) is 57.4 Å². The Bertz CT molecular complexity index is 226. The van der Waals surface area contributed by atoms with Crippen LogP contribution in [0, 0.1) is 11.8 Å². The maximum absolute atomic E-state index is 3.86. The molecule has 1 heterocycles. The van der Waals surface area contributed by atoms with Crippen molar-refractivity contribution in [3.05, 3.63) is 0 Å². The predicted molar refractivity (Wildman–Crippen MR) is 64.6 cm³/mol. The molecule has 1 nitrogen and oxygen atoms in total. The standard InChI is InChI=1S/C12H23NS/c1-9-5-6-12(7-10(9)2)13-11(3,4)8-14-12/h9-10,13H,5-8H2,1-4H3. The molecule has 1 N–H and O–H groups in total. The fourth-order valence-corrected chi connectivity index (χ4v) is 4.52. The van der Waals surface area contributed by atoms with Crippen LogP contribution in [0.2, 0.25) is 0 Å². The largest absolute Gasteiger partial charge is 0.297 e. The van der Waals surface area contributed by atoms with Crippen LogP contribution in [0.15, 0.2) is 0 Å². The molecule has 1 saturated heterocycles. The Morgan fingerprint density at radius 2 is 1.93 bits per heavy atom. The second kappa shape index (κ2) is 3.41. The van der Waals surface area contributed by atoms with Gasteiger partial charge in [0.2, 0.25) is 0 Å². The van der Waals surface area contributed by atoms with Crippen molar-refractivity contribution in [1.82, 2.24) is 5.32 Å². The zero-order valence-electron chi connectivity index (χ0n) is 9.89. The van der Waals surface area contributed by atoms with Gasteiger partial charge in [-0.1, -0.05) is 13.8 Å². The second-order valence-electron chi connectivity index (χ2n) is 5.99. The van der Waals surface area contributed by atoms with Crippen LogP contribution >= 0.6 is 11.8 Å². The van der Waals surface area contributed by atoms with E-state index in [1.165, 1.54) is 25.0 Å². The van der Waals surface area contributed by atoms with Crippen LogP contribution < -0.4 is 5.32 Å². The SMILES string of the molecule is CC1CCC2(CC1C)NC(C)(C)CS2. The highest BCUT2D eigenvalue weighted by Crippen LogP contribution is 2.48. The first kappa shape index (κ1) is 10.8. The van der Waals surface area contributed by atoms with Crippen LogP contribution in [0.3, 0.4) is 0 Å². The van der Waals surface area contributed by atoms with Crippen LogP contribution in [-0.4, -0.2) is 16.2 Å². The highest BCUT2D eigenvalue weighted by Gasteiger charge is 2.46. The van der Waals surface area contributed by atoms with Gasteiger partial charge in [-0.25, -0.2) is 0 Å². The molecule has 14 heavy (non-hydrogen) atoms. The van der Waals surface area contributed by atoms with Gasteiger partial charge in [-0.15, -0.1) is 11.8 Å². The molecule has 0 aromatic carbocycles. The van der Waals surface area contributed by atoms with Crippen LogP contribution in [0.1, 0.15) is 47.0 Å². The molecule has 82 valence electrons. The molecule has 0 aromatic heterocycles. The Balaban J connectivity index is 2.05. The Morgan fingerprint density at radius 1 is 1.21 bits per heavy atom. The number of rotatable bonds is 0. The van der Waals surface area contributed by atoms with Crippen LogP contribution in [0.4, 0.5) is 0 Å². The normalized spacial score (nSPS) is 47.1. The van der Waals surface area contributed by atoms with E-state index in [1.807, 2.05) is 0 Å². The summed E-state index contributed by atoms with van der Waals surface area (Å²) in [5, 5.41) is 3.86. The van der Waals surface area contributed by atoms with Gasteiger partial charge in [0.05, 0.1) is 4.87 Å². The number of thioether (sulfide) groups is 1. The van der Waals surface area contributed by atoms with Gasteiger partial charge in [-0.3, -0.25) is 5.32 Å². The molecule has 1 aliphatic heterocycles. The Morgan fingerprint density at radius 3 is 2.43 bits per heavy atom. The van der Waals surface area contributed by atoms with Gasteiger partial charge in [0.15, 0.2) is 0 Å². The van der Waals surface area contributed by atoms with Crippen molar-refractivity contribution in [2.24, 2.45) is 11.8 Å². The smallest absolute Gasteiger partial charge is 0.0652 e. The third-order valence-corrected chi connectivity index (χ3v) is 5.79. The molecule has 0 radical (unpaired) electrons. The van der Waals surface area contributed by atoms with Gasteiger partial charge in [0.25, 0.3) is 0 Å². The Hall–Kier alpha value is 0.310. The lowest BCUT2D eigenvalue weighted by molar-refractivity contribution is 0.191. The summed E-state index contributed by atoms with van der Waals surface area (Å²) in [4.78, 5) is 0.426. The topological polar surface area (TPSA) is 12.0 Å². The van der Waals surface area contributed by atoms with Crippen LogP contribution in [0.25, 0.3) is 0 Å². The second-order valence-corrected chi connectivity index (χ2v) is 7.35. The molecule has 2 aliphatic rings. The van der Waals surface area contributed by atoms with Gasteiger partial charge in [0.1, 0.15) is 0 Å². The van der Waals surface area contributed by atoms with Crippen molar-refractivity contribution in [1.29, 1.82) is 0 Å². The summed E-state index contributed by atoms with van der Waals surface area (Å²) >= 11 is 2.17. The molecule has 0 bridgehead atoms. The van der Waals surface area contributed by atoms with Crippen molar-refractivity contribution in [2.75, 3.05) is 5.75 Å². The maximum atomic E-state index is 3.86. The van der Waals surface area contributed by atoms with Crippen molar-refractivity contribution in [3.63, 3.8) is 0 Å². The van der Waals surface area contributed by atoms with E-state index in [2.05, 4.69) is 44.8 Å². The lowest BCUT2D eigenvalue weighted by atomic mass is 9.78. The predicted octanol–water partition coefficient (Wildman–Crippen LogP) is 3.25. The van der Waals surface area contributed by atoms with Gasteiger partial charge in [0, 0.05) is 11.3 Å². The molecule has 3 unspecified atom stereocenters. The van der Waals surface area contributed by atoms with Gasteiger partial charge >= 0.3 is 0 Å². The first-order valence-electron chi connectivity index (χ1n) is 5.86. The van der Waals surface area contributed by atoms with Crippen molar-refractivity contribution >= 4 is 11.8 Å². The van der Waals surface area contributed by atoms with E-state index in [4.69, 9.17) is 0 Å². The quantitative estimate of drug-likeness (QED) is 0.663. The Labute approximate surface area is 92.4 Å². The third-order valence-electron chi connectivity index (χ3n) is 3.90. The van der Waals surface area contributed by atoms with E-state index < -0.39 is 0 Å². The summed E-state index contributed by atoms with van der Waals surface area (Å²) < 4.78 is 0. The minimum absolute atomic E-state index is 0.352. The molecule has 2 fully saturated rings. The van der Waals surface area contributed by atoms with E-state index >= 15 is 0 Å². The molecule has 3 atom stereocenters. The molecule has 1 aliphatic carbocycles. The lowest BCUT2D eigenvalue weighted by Crippen LogP contribution is -2.50. The zero-order chi connectivity index (χ0) is 10.4. The van der Waals surface area contributed by atoms with E-state index in [-0.39, 0.29) is 0 Å². The summed E-state index contributed by atoms with van der Waals surface area (Å²) in [5.74, 6) is 3.08. The summed E-state index contributed by atoms with van der Waals surface area (Å²) in [7, 11) is 0. The van der Waals surface area contributed by atoms with E-state index in [0.717, 1.165) is 11.8 Å². The molecule has 0 aromatic rings. The highest BCUT2D eigenvalue weighted by atomic mass is 32.2. The van der Waals surface area contributed by atoms with E-state index in [9.17, 15) is 0 Å². The van der Waals surface area contributed by atoms with E-state index in [0.29, 0.717) is 10.4 Å². The Kier molecular flexibility index (Phi) is 2.64. The molecular formula is C12H23NS. The average molecular weight is 213 g/mol. The van der Waals surface area contributed by atoms with Gasteiger partial charge in [-0.05, 0) is 44.9 Å². The average Bonchev–Trinajstić information content (AvgIpc) is 2.36. The van der Waals surface area contributed by atoms with E-state index in [1.54, 1.807) is 0 Å². The first-order chi connectivity index (χ1) is 6.43. The minimum Gasteiger partial charge on any atom is -0.297 e. The molecule has 2 heteroatoms. The third kappa shape index (κ3) is 1.96. The zero-order valence-corrected chi connectivity index (χ0v) is 10.7. The number of hydrogen-bond acceptors (Lipinski definition) is 2.